The Morgan fingerprint density at radius 3 is 2.43 bits per heavy atom. The van der Waals surface area contributed by atoms with Gasteiger partial charge in [-0.2, -0.15) is 0 Å². The summed E-state index contributed by atoms with van der Waals surface area (Å²) < 4.78 is 5.99. The van der Waals surface area contributed by atoms with Crippen molar-refractivity contribution >= 4 is 29.4 Å². The maximum Gasteiger partial charge on any atom is 0.324 e. The quantitative estimate of drug-likeness (QED) is 0.744. The first-order chi connectivity index (χ1) is 14.5. The minimum Gasteiger partial charge on any atom is -0.490 e. The lowest BCUT2D eigenvalue weighted by molar-refractivity contribution is -0.125. The second-order valence-corrected chi connectivity index (χ2v) is 7.80. The highest BCUT2D eigenvalue weighted by atomic mass is 35.5. The van der Waals surface area contributed by atoms with Gasteiger partial charge < -0.3 is 15.0 Å². The lowest BCUT2D eigenvalue weighted by Gasteiger charge is -2.32. The van der Waals surface area contributed by atoms with E-state index in [1.165, 1.54) is 0 Å². The van der Waals surface area contributed by atoms with Gasteiger partial charge in [0.15, 0.2) is 0 Å². The zero-order valence-corrected chi connectivity index (χ0v) is 17.1. The summed E-state index contributed by atoms with van der Waals surface area (Å²) in [5.41, 5.74) is 1.18. The van der Waals surface area contributed by atoms with Crippen LogP contribution in [0.25, 0.3) is 0 Å². The lowest BCUT2D eigenvalue weighted by Crippen LogP contribution is -2.42. The van der Waals surface area contributed by atoms with Gasteiger partial charge in [0.1, 0.15) is 11.9 Å². The molecule has 4 rings (SSSR count). The molecule has 0 radical (unpaired) electrons. The molecule has 2 heterocycles. The summed E-state index contributed by atoms with van der Waals surface area (Å²) in [4.78, 5) is 39.8. The van der Waals surface area contributed by atoms with Crippen molar-refractivity contribution in [3.8, 4) is 5.75 Å². The highest BCUT2D eigenvalue weighted by Gasteiger charge is 2.31. The highest BCUT2D eigenvalue weighted by molar-refractivity contribution is 6.30. The van der Waals surface area contributed by atoms with Crippen LogP contribution < -0.4 is 10.1 Å². The molecule has 0 atom stereocenters. The molecule has 0 saturated carbocycles. The summed E-state index contributed by atoms with van der Waals surface area (Å²) in [7, 11) is 0. The van der Waals surface area contributed by atoms with Gasteiger partial charge in [0.2, 0.25) is 5.91 Å². The number of halogens is 1. The normalized spacial score (nSPS) is 17.2. The number of hydrogen-bond acceptors (Lipinski definition) is 4. The van der Waals surface area contributed by atoms with Gasteiger partial charge in [-0.25, -0.2) is 4.79 Å². The van der Waals surface area contributed by atoms with Gasteiger partial charge in [0, 0.05) is 36.5 Å². The molecule has 1 N–H and O–H groups in total. The first-order valence-corrected chi connectivity index (χ1v) is 10.3. The zero-order valence-electron chi connectivity index (χ0n) is 16.3. The van der Waals surface area contributed by atoms with E-state index in [1.54, 1.807) is 41.3 Å². The molecule has 2 saturated heterocycles. The Kier molecular flexibility index (Phi) is 5.90. The molecule has 2 aromatic carbocycles. The number of imide groups is 1. The molecule has 0 bridgehead atoms. The molecule has 0 unspecified atom stereocenters. The second kappa shape index (κ2) is 8.75. The van der Waals surface area contributed by atoms with Crippen LogP contribution in [0, 0.1) is 0 Å². The Morgan fingerprint density at radius 2 is 1.77 bits per heavy atom. The number of rotatable bonds is 5. The summed E-state index contributed by atoms with van der Waals surface area (Å²) in [6.07, 6.45) is 1.49. The minimum atomic E-state index is -0.428. The summed E-state index contributed by atoms with van der Waals surface area (Å²) in [5.74, 6) is 0.382. The minimum absolute atomic E-state index is 0.00389. The highest BCUT2D eigenvalue weighted by Crippen LogP contribution is 2.23. The fraction of sp³-hybridized carbons (Fsp3) is 0.318. The van der Waals surface area contributed by atoms with Crippen molar-refractivity contribution in [1.82, 2.24) is 15.1 Å². The van der Waals surface area contributed by atoms with Gasteiger partial charge in [0.05, 0.1) is 13.1 Å². The molecule has 7 nitrogen and oxygen atoms in total. The fourth-order valence-corrected chi connectivity index (χ4v) is 3.83. The van der Waals surface area contributed by atoms with E-state index in [4.69, 9.17) is 16.3 Å². The fourth-order valence-electron chi connectivity index (χ4n) is 3.71. The number of carbonyl (C=O) groups is 3. The largest absolute Gasteiger partial charge is 0.490 e. The van der Waals surface area contributed by atoms with Crippen molar-refractivity contribution in [2.24, 2.45) is 0 Å². The van der Waals surface area contributed by atoms with Gasteiger partial charge in [-0.05, 0) is 35.9 Å². The number of ether oxygens (including phenoxy) is 1. The Morgan fingerprint density at radius 1 is 1.07 bits per heavy atom. The second-order valence-electron chi connectivity index (χ2n) is 7.36. The summed E-state index contributed by atoms with van der Waals surface area (Å²) in [6.45, 7) is 1.24. The number of urea groups is 1. The van der Waals surface area contributed by atoms with Crippen molar-refractivity contribution in [3.63, 3.8) is 0 Å². The van der Waals surface area contributed by atoms with E-state index in [9.17, 15) is 14.4 Å². The summed E-state index contributed by atoms with van der Waals surface area (Å²) >= 11 is 5.91. The van der Waals surface area contributed by atoms with Crippen LogP contribution in [0.1, 0.15) is 28.8 Å². The maximum atomic E-state index is 13.1. The molecular formula is C22H22ClN3O4. The molecule has 0 aliphatic carbocycles. The molecule has 2 aromatic rings. The molecular weight excluding hydrogens is 406 g/mol. The smallest absolute Gasteiger partial charge is 0.324 e. The van der Waals surface area contributed by atoms with Crippen LogP contribution in [0.2, 0.25) is 5.02 Å². The maximum absolute atomic E-state index is 13.1. The summed E-state index contributed by atoms with van der Waals surface area (Å²) in [5, 5.41) is 3.16. The Balaban J connectivity index is 1.39. The third-order valence-corrected chi connectivity index (χ3v) is 5.61. The van der Waals surface area contributed by atoms with Crippen LogP contribution in [0.5, 0.6) is 5.75 Å². The van der Waals surface area contributed by atoms with E-state index >= 15 is 0 Å². The topological polar surface area (TPSA) is 79.0 Å². The number of benzene rings is 2. The van der Waals surface area contributed by atoms with E-state index in [0.29, 0.717) is 29.2 Å². The zero-order chi connectivity index (χ0) is 21.1. The van der Waals surface area contributed by atoms with Gasteiger partial charge >= 0.3 is 6.03 Å². The number of nitrogens with zero attached hydrogens (tertiary/aromatic N) is 2. The van der Waals surface area contributed by atoms with Crippen LogP contribution >= 0.6 is 11.6 Å². The van der Waals surface area contributed by atoms with E-state index in [-0.39, 0.29) is 31.0 Å². The van der Waals surface area contributed by atoms with E-state index < -0.39 is 6.03 Å². The molecule has 8 heteroatoms. The average Bonchev–Trinajstić information content (AvgIpc) is 3.08. The molecule has 2 aliphatic heterocycles. The van der Waals surface area contributed by atoms with Crippen LogP contribution in [0.4, 0.5) is 4.79 Å². The van der Waals surface area contributed by atoms with E-state index in [2.05, 4.69) is 5.32 Å². The monoisotopic (exact) mass is 427 g/mol. The molecule has 156 valence electrons. The molecule has 4 amide bonds. The van der Waals surface area contributed by atoms with Crippen molar-refractivity contribution in [3.05, 3.63) is 64.7 Å². The predicted octanol–water partition coefficient (Wildman–Crippen LogP) is 3.08. The number of carbonyl (C=O) groups excluding carboxylic acids is 3. The van der Waals surface area contributed by atoms with Crippen LogP contribution in [0.15, 0.2) is 48.5 Å². The average molecular weight is 428 g/mol. The van der Waals surface area contributed by atoms with Crippen molar-refractivity contribution in [2.45, 2.75) is 25.5 Å². The number of likely N-dealkylation sites (tertiary alicyclic amines) is 1. The number of piperidine rings is 1. The van der Waals surface area contributed by atoms with Crippen LogP contribution in [0.3, 0.4) is 0 Å². The number of hydrogen-bond donors (Lipinski definition) is 1. The van der Waals surface area contributed by atoms with E-state index in [0.717, 1.165) is 23.5 Å². The molecule has 30 heavy (non-hydrogen) atoms. The standard InChI is InChI=1S/C22H22ClN3O4/c23-16-5-7-17(8-6-16)30-18-9-11-25(12-10-18)21(28)19-4-2-1-3-15(19)14-26-20(27)13-24-22(26)29/h1-8,18H,9-14H2,(H,24,29). The summed E-state index contributed by atoms with van der Waals surface area (Å²) in [6, 6.07) is 13.9. The Labute approximate surface area is 179 Å². The molecule has 2 aliphatic rings. The Hall–Kier alpha value is -3.06. The van der Waals surface area contributed by atoms with Crippen molar-refractivity contribution < 1.29 is 19.1 Å². The molecule has 2 fully saturated rings. The third-order valence-electron chi connectivity index (χ3n) is 5.36. The van der Waals surface area contributed by atoms with Gasteiger partial charge in [-0.1, -0.05) is 29.8 Å². The number of nitrogens with one attached hydrogen (secondary N) is 1. The Bertz CT molecular complexity index is 939. The van der Waals surface area contributed by atoms with E-state index in [1.807, 2.05) is 12.1 Å². The molecule has 0 aromatic heterocycles. The first-order valence-electron chi connectivity index (χ1n) is 9.89. The third kappa shape index (κ3) is 4.41. The lowest BCUT2D eigenvalue weighted by atomic mass is 10.0. The van der Waals surface area contributed by atoms with Crippen LogP contribution in [-0.4, -0.2) is 53.4 Å². The SMILES string of the molecule is O=C(c1ccccc1CN1C(=O)CNC1=O)N1CCC(Oc2ccc(Cl)cc2)CC1. The molecule has 0 spiro atoms. The van der Waals surface area contributed by atoms with Gasteiger partial charge in [0.25, 0.3) is 5.91 Å². The van der Waals surface area contributed by atoms with Gasteiger partial charge in [-0.15, -0.1) is 0 Å². The van der Waals surface area contributed by atoms with Crippen molar-refractivity contribution in [2.75, 3.05) is 19.6 Å². The van der Waals surface area contributed by atoms with Crippen LogP contribution in [-0.2, 0) is 11.3 Å². The van der Waals surface area contributed by atoms with Crippen molar-refractivity contribution in [1.29, 1.82) is 0 Å². The predicted molar refractivity (Wildman–Crippen MR) is 111 cm³/mol. The first kappa shape index (κ1) is 20.2. The van der Waals surface area contributed by atoms with Gasteiger partial charge in [-0.3, -0.25) is 14.5 Å². The number of amides is 4.